The van der Waals surface area contributed by atoms with Gasteiger partial charge in [0.1, 0.15) is 17.2 Å². The first-order valence-corrected chi connectivity index (χ1v) is 11.1. The van der Waals surface area contributed by atoms with Crippen LogP contribution in [0.15, 0.2) is 53.6 Å². The van der Waals surface area contributed by atoms with Crippen molar-refractivity contribution in [3.63, 3.8) is 0 Å². The van der Waals surface area contributed by atoms with Crippen LogP contribution in [0.1, 0.15) is 51.4 Å². The van der Waals surface area contributed by atoms with Gasteiger partial charge in [-0.3, -0.25) is 0 Å². The average molecular weight is 431 g/mol. The average Bonchev–Trinajstić information content (AvgIpc) is 2.80. The molecule has 0 atom stereocenters. The van der Waals surface area contributed by atoms with Crippen LogP contribution in [0.2, 0.25) is 0 Å². The van der Waals surface area contributed by atoms with Gasteiger partial charge in [0.05, 0.1) is 13.2 Å². The molecular formula is C24H34N2O5. The fourth-order valence-electron chi connectivity index (χ4n) is 2.96. The molecule has 2 aromatic carbocycles. The number of aliphatic hydroxyl groups is 2. The third-order valence-electron chi connectivity index (χ3n) is 4.74. The Kier molecular flexibility index (Phi) is 12.1. The number of ether oxygens (including phenoxy) is 2. The van der Waals surface area contributed by atoms with Crippen molar-refractivity contribution in [2.45, 2.75) is 51.4 Å². The van der Waals surface area contributed by atoms with Crippen LogP contribution < -0.4 is 9.47 Å². The van der Waals surface area contributed by atoms with Gasteiger partial charge in [-0.1, -0.05) is 17.7 Å². The van der Waals surface area contributed by atoms with Crippen molar-refractivity contribution >= 4 is 11.4 Å². The van der Waals surface area contributed by atoms with Gasteiger partial charge >= 0.3 is 0 Å². The zero-order valence-corrected chi connectivity index (χ0v) is 18.1. The first kappa shape index (κ1) is 24.6. The van der Waals surface area contributed by atoms with E-state index < -0.39 is 0 Å². The predicted octanol–water partition coefficient (Wildman–Crippen LogP) is 5.48. The standard InChI is InChI=1S/C24H34N2O5/c27-17-5-1-3-7-19-30-23-13-9-21(10-14-23)25-26(29)22-11-15-24(16-12-22)31-20-8-4-2-6-18-28/h9-16,27-28H,1-8,17-20H2. The molecule has 7 nitrogen and oxygen atoms in total. The third kappa shape index (κ3) is 10.3. The van der Waals surface area contributed by atoms with E-state index >= 15 is 0 Å². The second-order valence-electron chi connectivity index (χ2n) is 7.33. The van der Waals surface area contributed by atoms with E-state index in [2.05, 4.69) is 5.11 Å². The summed E-state index contributed by atoms with van der Waals surface area (Å²) in [5.41, 5.74) is 0.979. The zero-order valence-electron chi connectivity index (χ0n) is 18.1. The van der Waals surface area contributed by atoms with Crippen molar-refractivity contribution in [1.82, 2.24) is 0 Å². The molecule has 0 saturated carbocycles. The summed E-state index contributed by atoms with van der Waals surface area (Å²) in [6, 6.07) is 14.0. The molecule has 0 heterocycles. The van der Waals surface area contributed by atoms with E-state index in [1.165, 1.54) is 0 Å². The lowest BCUT2D eigenvalue weighted by atomic mass is 10.2. The highest BCUT2D eigenvalue weighted by Crippen LogP contribution is 2.23. The molecule has 0 aliphatic carbocycles. The van der Waals surface area contributed by atoms with E-state index in [4.69, 9.17) is 19.7 Å². The maximum absolute atomic E-state index is 12.3. The molecular weight excluding hydrogens is 396 g/mol. The van der Waals surface area contributed by atoms with Crippen LogP contribution >= 0.6 is 0 Å². The van der Waals surface area contributed by atoms with Crippen molar-refractivity contribution < 1.29 is 24.5 Å². The summed E-state index contributed by atoms with van der Waals surface area (Å²) in [5.74, 6) is 1.47. The van der Waals surface area contributed by atoms with E-state index in [-0.39, 0.29) is 13.2 Å². The number of azo groups is 1. The summed E-state index contributed by atoms with van der Waals surface area (Å²) >= 11 is 0. The van der Waals surface area contributed by atoms with Gasteiger partial charge in [-0.05, 0) is 74.9 Å². The van der Waals surface area contributed by atoms with Crippen LogP contribution in [0.3, 0.4) is 0 Å². The summed E-state index contributed by atoms with van der Waals surface area (Å²) in [7, 11) is 0. The number of nitrogens with zero attached hydrogens (tertiary/aromatic N) is 2. The van der Waals surface area contributed by atoms with Crippen LogP contribution in [0.25, 0.3) is 0 Å². The van der Waals surface area contributed by atoms with E-state index in [0.717, 1.165) is 62.9 Å². The molecule has 0 radical (unpaired) electrons. The fourth-order valence-corrected chi connectivity index (χ4v) is 2.96. The quantitative estimate of drug-likeness (QED) is 0.159. The minimum Gasteiger partial charge on any atom is -0.594 e. The third-order valence-corrected chi connectivity index (χ3v) is 4.74. The number of unbranched alkanes of at least 4 members (excludes halogenated alkanes) is 6. The largest absolute Gasteiger partial charge is 0.594 e. The number of rotatable bonds is 16. The minimum atomic E-state index is 0.240. The van der Waals surface area contributed by atoms with E-state index in [1.54, 1.807) is 48.5 Å². The maximum Gasteiger partial charge on any atom is 0.245 e. The van der Waals surface area contributed by atoms with Crippen LogP contribution in [0, 0.1) is 5.21 Å². The van der Waals surface area contributed by atoms with Crippen LogP contribution in [0.4, 0.5) is 11.4 Å². The first-order valence-electron chi connectivity index (χ1n) is 11.1. The van der Waals surface area contributed by atoms with E-state index in [0.29, 0.717) is 29.4 Å². The molecule has 170 valence electrons. The summed E-state index contributed by atoms with van der Waals surface area (Å²) in [6.45, 7) is 1.73. The first-order chi connectivity index (χ1) is 15.2. The lowest BCUT2D eigenvalue weighted by Gasteiger charge is -2.07. The normalized spacial score (nSPS) is 11.5. The zero-order chi connectivity index (χ0) is 22.2. The number of hydrogen-bond donors (Lipinski definition) is 2. The molecule has 7 heteroatoms. The fraction of sp³-hybridized carbons (Fsp3) is 0.500. The van der Waals surface area contributed by atoms with E-state index in [1.807, 2.05) is 0 Å². The van der Waals surface area contributed by atoms with Crippen molar-refractivity contribution in [2.24, 2.45) is 5.11 Å². The molecule has 2 rings (SSSR count). The van der Waals surface area contributed by atoms with Crippen molar-refractivity contribution in [2.75, 3.05) is 26.4 Å². The van der Waals surface area contributed by atoms with Gasteiger partial charge in [0, 0.05) is 30.5 Å². The Morgan fingerprint density at radius 3 is 1.58 bits per heavy atom. The monoisotopic (exact) mass is 430 g/mol. The molecule has 2 aromatic rings. The smallest absolute Gasteiger partial charge is 0.245 e. The Bertz CT molecular complexity index is 748. The Hall–Kier alpha value is -2.64. The van der Waals surface area contributed by atoms with Crippen molar-refractivity contribution in [3.8, 4) is 11.5 Å². The summed E-state index contributed by atoms with van der Waals surface area (Å²) in [4.78, 5) is 0.593. The second kappa shape index (κ2) is 15.2. The molecule has 0 amide bonds. The molecule has 0 saturated heterocycles. The molecule has 0 unspecified atom stereocenters. The van der Waals surface area contributed by atoms with Gasteiger partial charge in [0.25, 0.3) is 0 Å². The van der Waals surface area contributed by atoms with Crippen LogP contribution in [-0.2, 0) is 0 Å². The van der Waals surface area contributed by atoms with Gasteiger partial charge in [0.2, 0.25) is 5.69 Å². The predicted molar refractivity (Wildman–Crippen MR) is 120 cm³/mol. The highest BCUT2D eigenvalue weighted by atomic mass is 16.5. The molecule has 0 aliphatic heterocycles. The topological polar surface area (TPSA) is 97.4 Å². The summed E-state index contributed by atoms with van der Waals surface area (Å²) < 4.78 is 11.4. The Morgan fingerprint density at radius 2 is 1.10 bits per heavy atom. The summed E-state index contributed by atoms with van der Waals surface area (Å²) in [6.07, 6.45) is 7.63. The lowest BCUT2D eigenvalue weighted by Crippen LogP contribution is -1.98. The Labute approximate surface area is 184 Å². The Morgan fingerprint density at radius 1 is 0.645 bits per heavy atom. The van der Waals surface area contributed by atoms with Crippen molar-refractivity contribution in [3.05, 3.63) is 53.7 Å². The maximum atomic E-state index is 12.3. The number of hydrogen-bond acceptors (Lipinski definition) is 6. The molecule has 31 heavy (non-hydrogen) atoms. The van der Waals surface area contributed by atoms with Crippen LogP contribution in [-0.4, -0.2) is 41.5 Å². The highest BCUT2D eigenvalue weighted by Gasteiger charge is 2.05. The van der Waals surface area contributed by atoms with Gasteiger partial charge in [0.15, 0.2) is 0 Å². The minimum absolute atomic E-state index is 0.240. The molecule has 2 N–H and O–H groups in total. The van der Waals surface area contributed by atoms with Gasteiger partial charge < -0.3 is 24.9 Å². The van der Waals surface area contributed by atoms with Gasteiger partial charge in [-0.25, -0.2) is 0 Å². The molecule has 0 aromatic heterocycles. The number of aliphatic hydroxyl groups excluding tert-OH is 2. The van der Waals surface area contributed by atoms with E-state index in [9.17, 15) is 5.21 Å². The highest BCUT2D eigenvalue weighted by molar-refractivity contribution is 5.41. The SMILES string of the molecule is [O-][N+](=Nc1ccc(OCCCCCCO)cc1)c1ccc(OCCCCCCO)cc1. The summed E-state index contributed by atoms with van der Waals surface area (Å²) in [5, 5.41) is 33.9. The Balaban J connectivity index is 1.76. The second-order valence-corrected chi connectivity index (χ2v) is 7.33. The molecule has 0 fully saturated rings. The molecule has 0 aliphatic rings. The van der Waals surface area contributed by atoms with Gasteiger partial charge in [-0.2, -0.15) is 0 Å². The molecule has 0 spiro atoms. The lowest BCUT2D eigenvalue weighted by molar-refractivity contribution is -0.435. The number of benzene rings is 2. The van der Waals surface area contributed by atoms with Crippen LogP contribution in [0.5, 0.6) is 11.5 Å². The molecule has 0 bridgehead atoms. The van der Waals surface area contributed by atoms with Gasteiger partial charge in [-0.15, -0.1) is 0 Å². The van der Waals surface area contributed by atoms with Crippen molar-refractivity contribution in [1.29, 1.82) is 0 Å².